The number of aromatic nitrogens is 4. The molecule has 10 aromatic carbocycles. The number of benzene rings is 10. The van der Waals surface area contributed by atoms with E-state index in [1.54, 1.807) is 0 Å². The van der Waals surface area contributed by atoms with Gasteiger partial charge in [-0.3, -0.25) is 9.13 Å². The molecule has 0 spiro atoms. The van der Waals surface area contributed by atoms with Crippen LogP contribution in [-0.4, -0.2) is 19.1 Å². The summed E-state index contributed by atoms with van der Waals surface area (Å²) < 4.78 is 4.56. The largest absolute Gasteiger partial charge is 0.292 e. The molecule has 2 aromatic heterocycles. The van der Waals surface area contributed by atoms with E-state index in [1.807, 2.05) is 0 Å². The smallest absolute Gasteiger partial charge is 0.146 e. The lowest BCUT2D eigenvalue weighted by Crippen LogP contribution is -1.98. The highest BCUT2D eigenvalue weighted by molar-refractivity contribution is 6.08. The van der Waals surface area contributed by atoms with Gasteiger partial charge in [-0.15, -0.1) is 0 Å². The molecule has 0 aliphatic rings. The van der Waals surface area contributed by atoms with Gasteiger partial charge in [-0.2, -0.15) is 0 Å². The first-order valence-corrected chi connectivity index (χ1v) is 20.4. The molecule has 0 aliphatic heterocycles. The van der Waals surface area contributed by atoms with Crippen molar-refractivity contribution in [1.29, 1.82) is 0 Å². The number of nitrogens with zero attached hydrogens (tertiary/aromatic N) is 4. The molecule has 0 N–H and O–H groups in total. The van der Waals surface area contributed by atoms with Gasteiger partial charge >= 0.3 is 0 Å². The third-order valence-electron chi connectivity index (χ3n) is 11.9. The monoisotopic (exact) mass is 764 g/mol. The fourth-order valence-electron chi connectivity index (χ4n) is 9.16. The molecule has 0 aliphatic carbocycles. The van der Waals surface area contributed by atoms with Gasteiger partial charge in [-0.05, 0) is 127 Å². The standard InChI is InChI=1S/C56H36N4/c1-3-15-41(16-4-1)59-53-25-13-11-23-51(53)57-55(59)49-33-31-43(45-19-7-9-21-47(45)49)39-29-27-38-36-40(30-28-37(38)35-39)44-32-34-50(48-22-10-8-20-46(44)48)56-58-52-24-12-14-26-54(52)60(56)42-17-5-2-6-18-42/h1-36H. The number of imidazole rings is 2. The predicted molar refractivity (Wildman–Crippen MR) is 250 cm³/mol. The van der Waals surface area contributed by atoms with Crippen molar-refractivity contribution in [3.05, 3.63) is 218 Å². The van der Waals surface area contributed by atoms with Crippen molar-refractivity contribution in [2.75, 3.05) is 0 Å². The summed E-state index contributed by atoms with van der Waals surface area (Å²) in [5.74, 6) is 1.87. The number of hydrogen-bond donors (Lipinski definition) is 0. The van der Waals surface area contributed by atoms with Gasteiger partial charge in [-0.1, -0.05) is 146 Å². The van der Waals surface area contributed by atoms with Crippen LogP contribution in [0.5, 0.6) is 0 Å². The van der Waals surface area contributed by atoms with Gasteiger partial charge in [-0.25, -0.2) is 9.97 Å². The molecule has 4 nitrogen and oxygen atoms in total. The van der Waals surface area contributed by atoms with Gasteiger partial charge in [0, 0.05) is 22.5 Å². The highest BCUT2D eigenvalue weighted by Crippen LogP contribution is 2.41. The Labute approximate surface area is 346 Å². The second-order valence-electron chi connectivity index (χ2n) is 15.4. The van der Waals surface area contributed by atoms with E-state index in [2.05, 4.69) is 228 Å². The van der Waals surface area contributed by atoms with Crippen LogP contribution in [-0.2, 0) is 0 Å². The zero-order valence-electron chi connectivity index (χ0n) is 32.6. The molecular formula is C56H36N4. The number of rotatable bonds is 6. The lowest BCUT2D eigenvalue weighted by Gasteiger charge is -2.15. The molecule has 0 saturated heterocycles. The Morgan fingerprint density at radius 2 is 0.633 bits per heavy atom. The number of para-hydroxylation sites is 6. The molecule has 0 atom stereocenters. The van der Waals surface area contributed by atoms with Crippen LogP contribution in [0.2, 0.25) is 0 Å². The summed E-state index contributed by atoms with van der Waals surface area (Å²) in [5.41, 5.74) is 13.3. The summed E-state index contributed by atoms with van der Waals surface area (Å²) in [5, 5.41) is 7.15. The van der Waals surface area contributed by atoms with Crippen molar-refractivity contribution in [3.8, 4) is 56.4 Å². The summed E-state index contributed by atoms with van der Waals surface area (Å²) >= 11 is 0. The van der Waals surface area contributed by atoms with E-state index in [4.69, 9.17) is 9.97 Å². The molecule has 2 heterocycles. The van der Waals surface area contributed by atoms with Crippen LogP contribution in [0, 0.1) is 0 Å². The van der Waals surface area contributed by atoms with Crippen LogP contribution in [0.15, 0.2) is 218 Å². The molecule has 0 saturated carbocycles. The molecule has 0 fully saturated rings. The van der Waals surface area contributed by atoms with Crippen LogP contribution in [0.1, 0.15) is 0 Å². The maximum atomic E-state index is 5.21. The van der Waals surface area contributed by atoms with Crippen LogP contribution in [0.25, 0.3) is 111 Å². The van der Waals surface area contributed by atoms with E-state index in [0.717, 1.165) is 56.2 Å². The lowest BCUT2D eigenvalue weighted by molar-refractivity contribution is 1.11. The van der Waals surface area contributed by atoms with E-state index in [9.17, 15) is 0 Å². The average molecular weight is 765 g/mol. The maximum absolute atomic E-state index is 5.21. The molecule has 0 radical (unpaired) electrons. The summed E-state index contributed by atoms with van der Waals surface area (Å²) in [6.45, 7) is 0. The first kappa shape index (κ1) is 34.0. The predicted octanol–water partition coefficient (Wildman–Crippen LogP) is 14.5. The van der Waals surface area contributed by atoms with E-state index >= 15 is 0 Å². The Hall–Kier alpha value is -8.08. The average Bonchev–Trinajstić information content (AvgIpc) is 3.90. The van der Waals surface area contributed by atoms with Crippen molar-refractivity contribution < 1.29 is 0 Å². The number of hydrogen-bond acceptors (Lipinski definition) is 2. The third-order valence-corrected chi connectivity index (χ3v) is 11.9. The normalized spacial score (nSPS) is 11.7. The Balaban J connectivity index is 0.947. The summed E-state index contributed by atoms with van der Waals surface area (Å²) in [7, 11) is 0. The molecule has 12 aromatic rings. The Morgan fingerprint density at radius 1 is 0.283 bits per heavy atom. The van der Waals surface area contributed by atoms with Gasteiger partial charge < -0.3 is 0 Å². The molecule has 60 heavy (non-hydrogen) atoms. The minimum Gasteiger partial charge on any atom is -0.292 e. The Kier molecular flexibility index (Phi) is 7.82. The summed E-state index contributed by atoms with van der Waals surface area (Å²) in [6.07, 6.45) is 0. The van der Waals surface area contributed by atoms with Crippen LogP contribution < -0.4 is 0 Å². The summed E-state index contributed by atoms with van der Waals surface area (Å²) in [4.78, 5) is 10.4. The molecular weight excluding hydrogens is 729 g/mol. The first-order chi connectivity index (χ1) is 29.8. The molecule has 0 bridgehead atoms. The van der Waals surface area contributed by atoms with E-state index in [1.165, 1.54) is 54.6 Å². The zero-order chi connectivity index (χ0) is 39.6. The van der Waals surface area contributed by atoms with Gasteiger partial charge in [0.1, 0.15) is 11.6 Å². The Bertz CT molecular complexity index is 3360. The van der Waals surface area contributed by atoms with E-state index in [0.29, 0.717) is 0 Å². The van der Waals surface area contributed by atoms with Gasteiger partial charge in [0.05, 0.1) is 22.1 Å². The number of fused-ring (bicyclic) bond motifs is 5. The zero-order valence-corrected chi connectivity index (χ0v) is 32.6. The van der Waals surface area contributed by atoms with Crippen molar-refractivity contribution in [2.45, 2.75) is 0 Å². The van der Waals surface area contributed by atoms with Crippen molar-refractivity contribution in [3.63, 3.8) is 0 Å². The van der Waals surface area contributed by atoms with Crippen molar-refractivity contribution in [2.24, 2.45) is 0 Å². The second-order valence-corrected chi connectivity index (χ2v) is 15.4. The Morgan fingerprint density at radius 3 is 1.07 bits per heavy atom. The fourth-order valence-corrected chi connectivity index (χ4v) is 9.16. The van der Waals surface area contributed by atoms with E-state index in [-0.39, 0.29) is 0 Å². The van der Waals surface area contributed by atoms with E-state index < -0.39 is 0 Å². The summed E-state index contributed by atoms with van der Waals surface area (Å²) in [6, 6.07) is 78.0. The van der Waals surface area contributed by atoms with Crippen molar-refractivity contribution in [1.82, 2.24) is 19.1 Å². The molecule has 280 valence electrons. The second kappa shape index (κ2) is 13.8. The van der Waals surface area contributed by atoms with Crippen molar-refractivity contribution >= 4 is 54.4 Å². The van der Waals surface area contributed by atoms with Gasteiger partial charge in [0.2, 0.25) is 0 Å². The highest BCUT2D eigenvalue weighted by Gasteiger charge is 2.20. The maximum Gasteiger partial charge on any atom is 0.146 e. The fraction of sp³-hybridized carbons (Fsp3) is 0. The third kappa shape index (κ3) is 5.46. The molecule has 0 amide bonds. The first-order valence-electron chi connectivity index (χ1n) is 20.4. The highest BCUT2D eigenvalue weighted by atomic mass is 15.1. The van der Waals surface area contributed by atoms with Crippen LogP contribution >= 0.6 is 0 Å². The SMILES string of the molecule is c1ccc(-n2c(-c3ccc(-c4ccc5cc(-c6ccc(-c7nc8ccccc8n7-c7ccccc7)c7ccccc67)ccc5c4)c4ccccc34)nc3ccccc32)cc1. The lowest BCUT2D eigenvalue weighted by atomic mass is 9.91. The topological polar surface area (TPSA) is 35.6 Å². The van der Waals surface area contributed by atoms with Crippen LogP contribution in [0.4, 0.5) is 0 Å². The van der Waals surface area contributed by atoms with Gasteiger partial charge in [0.25, 0.3) is 0 Å². The molecule has 12 rings (SSSR count). The minimum atomic E-state index is 0.937. The molecule has 4 heteroatoms. The van der Waals surface area contributed by atoms with Crippen LogP contribution in [0.3, 0.4) is 0 Å². The molecule has 0 unspecified atom stereocenters. The minimum absolute atomic E-state index is 0.937. The quantitative estimate of drug-likeness (QED) is 0.169. The van der Waals surface area contributed by atoms with Gasteiger partial charge in [0.15, 0.2) is 0 Å².